The average molecular weight is 216 g/mol. The van der Waals surface area contributed by atoms with E-state index in [1.54, 1.807) is 12.4 Å². The fraction of sp³-hybridized carbons (Fsp3) is 0.333. The summed E-state index contributed by atoms with van der Waals surface area (Å²) in [5, 5.41) is 7.59. The van der Waals surface area contributed by atoms with Crippen LogP contribution in [0, 0.1) is 0 Å². The molecule has 4 nitrogen and oxygen atoms in total. The van der Waals surface area contributed by atoms with Crippen LogP contribution >= 0.6 is 0 Å². The molecular weight excluding hydrogens is 200 g/mol. The number of pyridine rings is 1. The monoisotopic (exact) mass is 216 g/mol. The first kappa shape index (κ1) is 10.7. The molecule has 0 amide bonds. The van der Waals surface area contributed by atoms with E-state index in [-0.39, 0.29) is 0 Å². The molecule has 4 heteroatoms. The zero-order valence-electron chi connectivity index (χ0n) is 9.43. The molecule has 2 aromatic heterocycles. The fourth-order valence-corrected chi connectivity index (χ4v) is 1.51. The molecular formula is C12H16N4. The number of hydrogen-bond donors (Lipinski definition) is 1. The molecule has 2 rings (SSSR count). The van der Waals surface area contributed by atoms with Crippen molar-refractivity contribution >= 4 is 5.69 Å². The molecule has 0 aliphatic heterocycles. The zero-order chi connectivity index (χ0) is 11.2. The minimum atomic E-state index is 0.806. The molecule has 0 unspecified atom stereocenters. The Morgan fingerprint density at radius 1 is 1.31 bits per heavy atom. The predicted octanol–water partition coefficient (Wildman–Crippen LogP) is 2.30. The Labute approximate surface area is 95.3 Å². The van der Waals surface area contributed by atoms with E-state index in [9.17, 15) is 0 Å². The van der Waals surface area contributed by atoms with Gasteiger partial charge in [-0.05, 0) is 24.1 Å². The van der Waals surface area contributed by atoms with Crippen molar-refractivity contribution in [3.8, 4) is 0 Å². The molecule has 1 N–H and O–H groups in total. The summed E-state index contributed by atoms with van der Waals surface area (Å²) < 4.78 is 1.95. The van der Waals surface area contributed by atoms with Crippen molar-refractivity contribution in [2.75, 3.05) is 5.32 Å². The lowest BCUT2D eigenvalue weighted by atomic mass is 10.3. The molecule has 0 aliphatic carbocycles. The molecule has 2 heterocycles. The Kier molecular flexibility index (Phi) is 3.53. The van der Waals surface area contributed by atoms with Gasteiger partial charge in [0.05, 0.1) is 11.9 Å². The Bertz CT molecular complexity index is 422. The number of nitrogens with one attached hydrogen (secondary N) is 1. The van der Waals surface area contributed by atoms with Gasteiger partial charge < -0.3 is 5.32 Å². The van der Waals surface area contributed by atoms with Gasteiger partial charge in [-0.3, -0.25) is 9.67 Å². The largest absolute Gasteiger partial charge is 0.378 e. The molecule has 84 valence electrons. The first-order chi connectivity index (χ1) is 7.88. The van der Waals surface area contributed by atoms with Crippen molar-refractivity contribution in [3.05, 3.63) is 42.5 Å². The lowest BCUT2D eigenvalue weighted by molar-refractivity contribution is 0.603. The lowest BCUT2D eigenvalue weighted by Gasteiger charge is -2.02. The molecule has 0 atom stereocenters. The zero-order valence-corrected chi connectivity index (χ0v) is 9.43. The van der Waals surface area contributed by atoms with Crippen LogP contribution in [0.15, 0.2) is 36.9 Å². The predicted molar refractivity (Wildman–Crippen MR) is 64.1 cm³/mol. The molecule has 0 spiro atoms. The summed E-state index contributed by atoms with van der Waals surface area (Å²) in [6.45, 7) is 3.92. The van der Waals surface area contributed by atoms with E-state index in [2.05, 4.69) is 22.3 Å². The summed E-state index contributed by atoms with van der Waals surface area (Å²) in [5.74, 6) is 0. The van der Waals surface area contributed by atoms with Crippen LogP contribution in [0.2, 0.25) is 0 Å². The molecule has 0 radical (unpaired) electrons. The Morgan fingerprint density at radius 2 is 2.12 bits per heavy atom. The number of aryl methyl sites for hydroxylation is 1. The standard InChI is InChI=1S/C12H16N4/c1-2-7-16-10-12(9-15-16)14-8-11-3-5-13-6-4-11/h3-6,9-10,14H,2,7-8H2,1H3. The second-order valence-corrected chi connectivity index (χ2v) is 3.70. The Balaban J connectivity index is 1.89. The van der Waals surface area contributed by atoms with E-state index in [1.807, 2.05) is 29.2 Å². The smallest absolute Gasteiger partial charge is 0.0729 e. The minimum Gasteiger partial charge on any atom is -0.378 e. The molecule has 0 saturated carbocycles. The van der Waals surface area contributed by atoms with Gasteiger partial charge in [-0.2, -0.15) is 5.10 Å². The molecule has 2 aromatic rings. The summed E-state index contributed by atoms with van der Waals surface area (Å²) in [4.78, 5) is 3.98. The maximum Gasteiger partial charge on any atom is 0.0729 e. The number of hydrogen-bond acceptors (Lipinski definition) is 3. The highest BCUT2D eigenvalue weighted by Gasteiger charge is 1.97. The minimum absolute atomic E-state index is 0.806. The topological polar surface area (TPSA) is 42.7 Å². The van der Waals surface area contributed by atoms with Gasteiger partial charge in [-0.25, -0.2) is 0 Å². The van der Waals surface area contributed by atoms with Gasteiger partial charge in [0, 0.05) is 31.7 Å². The second-order valence-electron chi connectivity index (χ2n) is 3.70. The van der Waals surface area contributed by atoms with E-state index in [0.29, 0.717) is 0 Å². The van der Waals surface area contributed by atoms with Crippen molar-refractivity contribution < 1.29 is 0 Å². The third-order valence-corrected chi connectivity index (χ3v) is 2.33. The summed E-state index contributed by atoms with van der Waals surface area (Å²) in [6, 6.07) is 4.01. The lowest BCUT2D eigenvalue weighted by Crippen LogP contribution is -1.99. The van der Waals surface area contributed by atoms with Crippen molar-refractivity contribution in [1.82, 2.24) is 14.8 Å². The summed E-state index contributed by atoms with van der Waals surface area (Å²) >= 11 is 0. The van der Waals surface area contributed by atoms with Gasteiger partial charge in [0.15, 0.2) is 0 Å². The van der Waals surface area contributed by atoms with Crippen molar-refractivity contribution in [1.29, 1.82) is 0 Å². The first-order valence-electron chi connectivity index (χ1n) is 5.53. The van der Waals surface area contributed by atoms with Gasteiger partial charge in [-0.1, -0.05) is 6.92 Å². The van der Waals surface area contributed by atoms with Crippen LogP contribution in [0.4, 0.5) is 5.69 Å². The van der Waals surface area contributed by atoms with Crippen LogP contribution < -0.4 is 5.32 Å². The summed E-state index contributed by atoms with van der Waals surface area (Å²) in [5.41, 5.74) is 2.28. The molecule has 0 aromatic carbocycles. The fourth-order valence-electron chi connectivity index (χ4n) is 1.51. The number of aromatic nitrogens is 3. The number of nitrogens with zero attached hydrogens (tertiary/aromatic N) is 3. The van der Waals surface area contributed by atoms with Crippen molar-refractivity contribution in [2.45, 2.75) is 26.4 Å². The molecule has 0 saturated heterocycles. The van der Waals surface area contributed by atoms with E-state index < -0.39 is 0 Å². The van der Waals surface area contributed by atoms with Crippen LogP contribution in [-0.4, -0.2) is 14.8 Å². The third kappa shape index (κ3) is 2.82. The number of rotatable bonds is 5. The van der Waals surface area contributed by atoms with Gasteiger partial charge in [-0.15, -0.1) is 0 Å². The second kappa shape index (κ2) is 5.30. The average Bonchev–Trinajstić information content (AvgIpc) is 2.76. The molecule has 0 fully saturated rings. The maximum atomic E-state index is 4.26. The molecule has 16 heavy (non-hydrogen) atoms. The highest BCUT2D eigenvalue weighted by Crippen LogP contribution is 2.07. The van der Waals surface area contributed by atoms with Crippen molar-refractivity contribution in [3.63, 3.8) is 0 Å². The van der Waals surface area contributed by atoms with E-state index in [0.717, 1.165) is 25.2 Å². The van der Waals surface area contributed by atoms with Gasteiger partial charge in [0.1, 0.15) is 0 Å². The van der Waals surface area contributed by atoms with Crippen LogP contribution in [0.1, 0.15) is 18.9 Å². The van der Waals surface area contributed by atoms with Gasteiger partial charge in [0.25, 0.3) is 0 Å². The van der Waals surface area contributed by atoms with Crippen LogP contribution in [0.3, 0.4) is 0 Å². The summed E-state index contributed by atoms with van der Waals surface area (Å²) in [7, 11) is 0. The maximum absolute atomic E-state index is 4.26. The quantitative estimate of drug-likeness (QED) is 0.834. The van der Waals surface area contributed by atoms with Gasteiger partial charge >= 0.3 is 0 Å². The summed E-state index contributed by atoms with van der Waals surface area (Å²) in [6.07, 6.45) is 8.60. The van der Waals surface area contributed by atoms with E-state index >= 15 is 0 Å². The van der Waals surface area contributed by atoms with Crippen LogP contribution in [0.25, 0.3) is 0 Å². The molecule has 0 bridgehead atoms. The Hall–Kier alpha value is -1.84. The Morgan fingerprint density at radius 3 is 2.88 bits per heavy atom. The highest BCUT2D eigenvalue weighted by atomic mass is 15.3. The van der Waals surface area contributed by atoms with E-state index in [4.69, 9.17) is 0 Å². The van der Waals surface area contributed by atoms with Gasteiger partial charge in [0.2, 0.25) is 0 Å². The SMILES string of the molecule is CCCn1cc(NCc2ccncc2)cn1. The van der Waals surface area contributed by atoms with Crippen molar-refractivity contribution in [2.24, 2.45) is 0 Å². The number of anilines is 1. The van der Waals surface area contributed by atoms with Crippen LogP contribution in [0.5, 0.6) is 0 Å². The normalized spacial score (nSPS) is 10.3. The molecule has 0 aliphatic rings. The third-order valence-electron chi connectivity index (χ3n) is 2.33. The van der Waals surface area contributed by atoms with Crippen LogP contribution in [-0.2, 0) is 13.1 Å². The van der Waals surface area contributed by atoms with E-state index in [1.165, 1.54) is 5.56 Å². The first-order valence-corrected chi connectivity index (χ1v) is 5.53. The highest BCUT2D eigenvalue weighted by molar-refractivity contribution is 5.38.